The van der Waals surface area contributed by atoms with Crippen LogP contribution in [0.1, 0.15) is 10.4 Å². The third-order valence-electron chi connectivity index (χ3n) is 2.32. The Morgan fingerprint density at radius 3 is 2.50 bits per heavy atom. The van der Waals surface area contributed by atoms with E-state index in [1.54, 1.807) is 11.3 Å². The van der Waals surface area contributed by atoms with Crippen molar-refractivity contribution in [2.45, 2.75) is 0 Å². The van der Waals surface area contributed by atoms with Crippen molar-refractivity contribution in [2.75, 3.05) is 0 Å². The Bertz CT molecular complexity index is 647. The highest BCUT2D eigenvalue weighted by Gasteiger charge is 2.01. The van der Waals surface area contributed by atoms with E-state index in [0.29, 0.717) is 11.3 Å². The van der Waals surface area contributed by atoms with Gasteiger partial charge in [-0.1, -0.05) is 54.2 Å². The lowest BCUT2D eigenvalue weighted by Gasteiger charge is -2.01. The first kappa shape index (κ1) is 12.0. The van der Waals surface area contributed by atoms with Crippen LogP contribution in [-0.2, 0) is 0 Å². The first-order valence-corrected chi connectivity index (χ1v) is 6.26. The zero-order valence-corrected chi connectivity index (χ0v) is 10.5. The molecular weight excluding hydrogens is 238 g/mol. The van der Waals surface area contributed by atoms with Gasteiger partial charge in [-0.2, -0.15) is 0 Å². The highest BCUT2D eigenvalue weighted by Crippen LogP contribution is 2.16. The van der Waals surface area contributed by atoms with Gasteiger partial charge in [0.25, 0.3) is 0 Å². The number of thiophene rings is 1. The van der Waals surface area contributed by atoms with Gasteiger partial charge in [0.1, 0.15) is 0 Å². The zero-order chi connectivity index (χ0) is 12.8. The molecule has 1 nitrogen and oxygen atoms in total. The average Bonchev–Trinajstić information content (AvgIpc) is 2.93. The van der Waals surface area contributed by atoms with Crippen molar-refractivity contribution < 1.29 is 0 Å². The molecule has 86 valence electrons. The van der Waals surface area contributed by atoms with E-state index in [1.165, 1.54) is 0 Å². The van der Waals surface area contributed by atoms with Gasteiger partial charge in [0.2, 0.25) is 0 Å². The van der Waals surface area contributed by atoms with Gasteiger partial charge in [-0.05, 0) is 17.0 Å². The zero-order valence-electron chi connectivity index (χ0n) is 9.68. The van der Waals surface area contributed by atoms with Crippen molar-refractivity contribution in [1.29, 1.82) is 0 Å². The Hall–Kier alpha value is -2.42. The predicted molar refractivity (Wildman–Crippen MR) is 77.6 cm³/mol. The number of rotatable bonds is 1. The fraction of sp³-hybridized carbons (Fsp3) is 0. The van der Waals surface area contributed by atoms with E-state index >= 15 is 0 Å². The van der Waals surface area contributed by atoms with Gasteiger partial charge in [0, 0.05) is 0 Å². The molecule has 2 aromatic rings. The maximum atomic E-state index is 5.83. The van der Waals surface area contributed by atoms with E-state index in [0.717, 1.165) is 10.4 Å². The first-order chi connectivity index (χ1) is 8.81. The van der Waals surface area contributed by atoms with E-state index in [9.17, 15) is 0 Å². The van der Waals surface area contributed by atoms with Crippen molar-refractivity contribution >= 4 is 16.9 Å². The molecule has 0 fully saturated rings. The maximum absolute atomic E-state index is 5.83. The van der Waals surface area contributed by atoms with Gasteiger partial charge >= 0.3 is 0 Å². The Balaban J connectivity index is 2.44. The summed E-state index contributed by atoms with van der Waals surface area (Å²) in [6.45, 7) is 0. The summed E-state index contributed by atoms with van der Waals surface area (Å²) in [5.41, 5.74) is 7.84. The number of hydrogen-bond donors (Lipinski definition) is 1. The fourth-order valence-corrected chi connectivity index (χ4v) is 2.02. The molecule has 0 aliphatic heterocycles. The van der Waals surface area contributed by atoms with Crippen LogP contribution in [-0.4, -0.2) is 0 Å². The van der Waals surface area contributed by atoms with E-state index in [1.807, 2.05) is 47.8 Å². The molecule has 0 saturated heterocycles. The number of nitrogens with two attached hydrogens (primary N) is 1. The molecule has 0 spiro atoms. The highest BCUT2D eigenvalue weighted by atomic mass is 32.1. The average molecular weight is 249 g/mol. The molecule has 0 aliphatic carbocycles. The van der Waals surface area contributed by atoms with Crippen LogP contribution in [0.2, 0.25) is 0 Å². The van der Waals surface area contributed by atoms with Crippen LogP contribution in [0.25, 0.3) is 5.57 Å². The van der Waals surface area contributed by atoms with Crippen molar-refractivity contribution in [1.82, 2.24) is 0 Å². The molecule has 0 aliphatic rings. The molecule has 1 aromatic heterocycles. The van der Waals surface area contributed by atoms with Crippen LogP contribution in [0, 0.1) is 24.2 Å². The molecular formula is C16H11NS. The summed E-state index contributed by atoms with van der Waals surface area (Å²) in [6, 6.07) is 13.6. The predicted octanol–water partition coefficient (Wildman–Crippen LogP) is 3.10. The monoisotopic (exact) mass is 249 g/mol. The summed E-state index contributed by atoms with van der Waals surface area (Å²) in [5.74, 6) is 8.59. The maximum Gasteiger partial charge on any atom is 0.0989 e. The van der Waals surface area contributed by atoms with Gasteiger partial charge in [-0.25, -0.2) is 0 Å². The Morgan fingerprint density at radius 2 is 1.89 bits per heavy atom. The molecule has 2 N–H and O–H groups in total. The molecule has 1 heterocycles. The summed E-state index contributed by atoms with van der Waals surface area (Å²) in [7, 11) is 0. The second-order valence-electron chi connectivity index (χ2n) is 3.53. The number of hydrogen-bond acceptors (Lipinski definition) is 2. The Morgan fingerprint density at radius 1 is 1.11 bits per heavy atom. The van der Waals surface area contributed by atoms with Crippen molar-refractivity contribution in [3.05, 3.63) is 64.0 Å². The largest absolute Gasteiger partial charge is 0.391 e. The lowest BCUT2D eigenvalue weighted by Crippen LogP contribution is -1.98. The summed E-state index contributed by atoms with van der Waals surface area (Å²) in [4.78, 5) is 0.994. The van der Waals surface area contributed by atoms with E-state index in [-0.39, 0.29) is 0 Å². The topological polar surface area (TPSA) is 26.0 Å². The molecule has 2 heteroatoms. The van der Waals surface area contributed by atoms with Gasteiger partial charge < -0.3 is 5.73 Å². The number of allylic oxidation sites excluding steroid dienone is 2. The molecule has 1 aromatic carbocycles. The fourth-order valence-electron chi connectivity index (χ4n) is 1.45. The SMILES string of the molecule is C#C/C(N)=C(/C#Cc1cccs1)c1ccccc1. The molecule has 0 atom stereocenters. The first-order valence-electron chi connectivity index (χ1n) is 5.38. The van der Waals surface area contributed by atoms with Crippen LogP contribution in [0.4, 0.5) is 0 Å². The Labute approximate surface area is 111 Å². The molecule has 0 radical (unpaired) electrons. The quantitative estimate of drug-likeness (QED) is 0.772. The summed E-state index contributed by atoms with van der Waals surface area (Å²) >= 11 is 1.59. The smallest absolute Gasteiger partial charge is 0.0989 e. The van der Waals surface area contributed by atoms with Crippen LogP contribution in [0.15, 0.2) is 53.5 Å². The van der Waals surface area contributed by atoms with Crippen LogP contribution in [0.3, 0.4) is 0 Å². The number of benzene rings is 1. The normalized spacial score (nSPS) is 10.8. The third kappa shape index (κ3) is 2.83. The van der Waals surface area contributed by atoms with Gasteiger partial charge in [0.05, 0.1) is 16.1 Å². The summed E-state index contributed by atoms with van der Waals surface area (Å²) in [6.07, 6.45) is 5.36. The third-order valence-corrected chi connectivity index (χ3v) is 3.10. The minimum absolute atomic E-state index is 0.366. The van der Waals surface area contributed by atoms with Crippen LogP contribution in [0.5, 0.6) is 0 Å². The molecule has 0 unspecified atom stereocenters. The molecule has 0 amide bonds. The molecule has 18 heavy (non-hydrogen) atoms. The molecule has 0 saturated carbocycles. The Kier molecular flexibility index (Phi) is 3.86. The number of terminal acetylenes is 1. The van der Waals surface area contributed by atoms with E-state index < -0.39 is 0 Å². The lowest BCUT2D eigenvalue weighted by atomic mass is 10.0. The highest BCUT2D eigenvalue weighted by molar-refractivity contribution is 7.10. The standard InChI is InChI=1S/C16H11NS/c1-2-16(17)15(13-7-4-3-5-8-13)11-10-14-9-6-12-18-14/h1,3-9,12H,17H2/b16-15+. The van der Waals surface area contributed by atoms with Gasteiger partial charge in [-0.15, -0.1) is 17.8 Å². The van der Waals surface area contributed by atoms with Crippen LogP contribution >= 0.6 is 11.3 Å². The molecule has 0 bridgehead atoms. The van der Waals surface area contributed by atoms with Crippen molar-refractivity contribution in [2.24, 2.45) is 5.73 Å². The minimum Gasteiger partial charge on any atom is -0.391 e. The minimum atomic E-state index is 0.366. The van der Waals surface area contributed by atoms with Crippen LogP contribution < -0.4 is 5.73 Å². The lowest BCUT2D eigenvalue weighted by molar-refractivity contribution is 1.47. The van der Waals surface area contributed by atoms with Gasteiger partial charge in [0.15, 0.2) is 0 Å². The summed E-state index contributed by atoms with van der Waals surface area (Å²) < 4.78 is 0. The molecule has 2 rings (SSSR count). The van der Waals surface area contributed by atoms with Gasteiger partial charge in [-0.3, -0.25) is 0 Å². The van der Waals surface area contributed by atoms with E-state index in [2.05, 4.69) is 17.8 Å². The summed E-state index contributed by atoms with van der Waals surface area (Å²) in [5, 5.41) is 1.99. The van der Waals surface area contributed by atoms with Crippen molar-refractivity contribution in [3.8, 4) is 24.2 Å². The van der Waals surface area contributed by atoms with E-state index in [4.69, 9.17) is 12.2 Å². The second kappa shape index (κ2) is 5.77. The second-order valence-corrected chi connectivity index (χ2v) is 4.47. The van der Waals surface area contributed by atoms with Crippen molar-refractivity contribution in [3.63, 3.8) is 0 Å².